The van der Waals surface area contributed by atoms with Crippen LogP contribution in [-0.2, 0) is 0 Å². The zero-order chi connectivity index (χ0) is 15.4. The molecule has 0 saturated heterocycles. The van der Waals surface area contributed by atoms with Crippen LogP contribution in [-0.4, -0.2) is 13.7 Å². The highest BCUT2D eigenvalue weighted by Gasteiger charge is 2.14. The number of hydrogen-bond donors (Lipinski definition) is 0. The average molecular weight is 361 g/mol. The molecule has 0 aliphatic heterocycles. The van der Waals surface area contributed by atoms with Crippen molar-refractivity contribution in [3.8, 4) is 11.5 Å². The fourth-order valence-corrected chi connectivity index (χ4v) is 2.45. The summed E-state index contributed by atoms with van der Waals surface area (Å²) in [7, 11) is 1.38. The number of rotatable bonds is 5. The van der Waals surface area contributed by atoms with Crippen molar-refractivity contribution in [1.29, 1.82) is 0 Å². The zero-order valence-electron chi connectivity index (χ0n) is 11.0. The van der Waals surface area contributed by atoms with Gasteiger partial charge in [-0.25, -0.2) is 4.39 Å². The highest BCUT2D eigenvalue weighted by molar-refractivity contribution is 9.09. The fourth-order valence-electron chi connectivity index (χ4n) is 1.88. The molecule has 0 amide bonds. The molecule has 0 heterocycles. The van der Waals surface area contributed by atoms with Crippen molar-refractivity contribution in [2.45, 2.75) is 11.4 Å². The lowest BCUT2D eigenvalue weighted by molar-refractivity contribution is -0.0498. The first-order valence-corrected chi connectivity index (χ1v) is 6.95. The lowest BCUT2D eigenvalue weighted by Crippen LogP contribution is -2.02. The maximum Gasteiger partial charge on any atom is 0.387 e. The van der Waals surface area contributed by atoms with Gasteiger partial charge in [-0.2, -0.15) is 8.78 Å². The summed E-state index contributed by atoms with van der Waals surface area (Å²) >= 11 is 3.42. The lowest BCUT2D eigenvalue weighted by Gasteiger charge is -2.13. The number of benzene rings is 2. The first-order chi connectivity index (χ1) is 10.0. The van der Waals surface area contributed by atoms with Crippen molar-refractivity contribution in [3.63, 3.8) is 0 Å². The molecule has 0 saturated carbocycles. The highest BCUT2D eigenvalue weighted by Crippen LogP contribution is 2.34. The molecule has 1 unspecified atom stereocenters. The van der Waals surface area contributed by atoms with Crippen molar-refractivity contribution < 1.29 is 22.6 Å². The molecule has 0 fully saturated rings. The van der Waals surface area contributed by atoms with E-state index in [-0.39, 0.29) is 16.3 Å². The quantitative estimate of drug-likeness (QED) is 0.704. The van der Waals surface area contributed by atoms with Gasteiger partial charge in [0.2, 0.25) is 0 Å². The number of halogens is 4. The molecule has 0 radical (unpaired) electrons. The Balaban J connectivity index is 2.27. The minimum absolute atomic E-state index is 0.0564. The molecule has 1 atom stereocenters. The number of alkyl halides is 3. The van der Waals surface area contributed by atoms with Crippen LogP contribution >= 0.6 is 15.9 Å². The number of methoxy groups -OCH3 is 1. The second-order valence-corrected chi connectivity index (χ2v) is 5.12. The smallest absolute Gasteiger partial charge is 0.387 e. The fraction of sp³-hybridized carbons (Fsp3) is 0.200. The van der Waals surface area contributed by atoms with Gasteiger partial charge in [-0.15, -0.1) is 0 Å². The standard InChI is InChI=1S/C15H12BrF3O2/c1-20-13-6-5-10(8-12(13)17)14(16)9-3-2-4-11(7-9)21-15(18)19/h2-8,14-15H,1H3. The van der Waals surface area contributed by atoms with Crippen LogP contribution in [0, 0.1) is 5.82 Å². The molecule has 2 nitrogen and oxygen atoms in total. The van der Waals surface area contributed by atoms with E-state index in [1.165, 1.54) is 31.4 Å². The van der Waals surface area contributed by atoms with Crippen LogP contribution < -0.4 is 9.47 Å². The van der Waals surface area contributed by atoms with Gasteiger partial charge in [-0.3, -0.25) is 0 Å². The molecule has 0 aliphatic carbocycles. The minimum Gasteiger partial charge on any atom is -0.494 e. The van der Waals surface area contributed by atoms with Gasteiger partial charge in [-0.05, 0) is 35.4 Å². The molecule has 0 spiro atoms. The summed E-state index contributed by atoms with van der Waals surface area (Å²) < 4.78 is 47.3. The Labute approximate surface area is 128 Å². The molecule has 0 bridgehead atoms. The van der Waals surface area contributed by atoms with E-state index >= 15 is 0 Å². The Hall–Kier alpha value is -1.69. The lowest BCUT2D eigenvalue weighted by atomic mass is 10.0. The number of ether oxygens (including phenoxy) is 2. The summed E-state index contributed by atoms with van der Waals surface area (Å²) in [6, 6.07) is 10.8. The Morgan fingerprint density at radius 1 is 1.05 bits per heavy atom. The van der Waals surface area contributed by atoms with Crippen molar-refractivity contribution in [3.05, 3.63) is 59.4 Å². The summed E-state index contributed by atoms with van der Waals surface area (Å²) in [5.41, 5.74) is 1.32. The normalized spacial score (nSPS) is 12.3. The van der Waals surface area contributed by atoms with E-state index in [1.807, 2.05) is 0 Å². The SMILES string of the molecule is COc1ccc(C(Br)c2cccc(OC(F)F)c2)cc1F. The summed E-state index contributed by atoms with van der Waals surface area (Å²) in [6.45, 7) is -2.88. The maximum atomic E-state index is 13.7. The topological polar surface area (TPSA) is 18.5 Å². The van der Waals surface area contributed by atoms with Crippen LogP contribution in [0.4, 0.5) is 13.2 Å². The van der Waals surface area contributed by atoms with Gasteiger partial charge in [0.25, 0.3) is 0 Å². The van der Waals surface area contributed by atoms with E-state index in [9.17, 15) is 13.2 Å². The molecule has 112 valence electrons. The van der Waals surface area contributed by atoms with Crippen molar-refractivity contribution in [2.24, 2.45) is 0 Å². The van der Waals surface area contributed by atoms with E-state index in [0.717, 1.165) is 0 Å². The van der Waals surface area contributed by atoms with Crippen LogP contribution in [0.15, 0.2) is 42.5 Å². The van der Waals surface area contributed by atoms with Crippen LogP contribution in [0.2, 0.25) is 0 Å². The Kier molecular flexibility index (Phi) is 5.12. The van der Waals surface area contributed by atoms with Crippen LogP contribution in [0.1, 0.15) is 16.0 Å². The van der Waals surface area contributed by atoms with E-state index in [4.69, 9.17) is 4.74 Å². The minimum atomic E-state index is -2.88. The molecule has 0 N–H and O–H groups in total. The van der Waals surface area contributed by atoms with E-state index in [1.54, 1.807) is 18.2 Å². The maximum absolute atomic E-state index is 13.7. The third kappa shape index (κ3) is 3.91. The van der Waals surface area contributed by atoms with Crippen LogP contribution in [0.3, 0.4) is 0 Å². The van der Waals surface area contributed by atoms with Gasteiger partial charge in [0.05, 0.1) is 11.9 Å². The zero-order valence-corrected chi connectivity index (χ0v) is 12.6. The van der Waals surface area contributed by atoms with E-state index in [0.29, 0.717) is 11.1 Å². The van der Waals surface area contributed by atoms with Crippen molar-refractivity contribution in [2.75, 3.05) is 7.11 Å². The van der Waals surface area contributed by atoms with Crippen molar-refractivity contribution >= 4 is 15.9 Å². The average Bonchev–Trinajstić information content (AvgIpc) is 2.46. The van der Waals surface area contributed by atoms with E-state index < -0.39 is 12.4 Å². The monoisotopic (exact) mass is 360 g/mol. The first kappa shape index (κ1) is 15.7. The van der Waals surface area contributed by atoms with E-state index in [2.05, 4.69) is 20.7 Å². The van der Waals surface area contributed by atoms with Crippen LogP contribution in [0.5, 0.6) is 11.5 Å². The van der Waals surface area contributed by atoms with Gasteiger partial charge in [0.15, 0.2) is 11.6 Å². The molecule has 2 aromatic rings. The second kappa shape index (κ2) is 6.85. The molecule has 6 heteroatoms. The Bertz CT molecular complexity index is 620. The largest absolute Gasteiger partial charge is 0.494 e. The molecule has 2 rings (SSSR count). The second-order valence-electron chi connectivity index (χ2n) is 4.21. The van der Waals surface area contributed by atoms with Gasteiger partial charge < -0.3 is 9.47 Å². The third-order valence-corrected chi connectivity index (χ3v) is 3.90. The Morgan fingerprint density at radius 2 is 1.76 bits per heavy atom. The molecule has 21 heavy (non-hydrogen) atoms. The summed E-state index contributed by atoms with van der Waals surface area (Å²) in [5.74, 6) is -0.284. The Morgan fingerprint density at radius 3 is 2.38 bits per heavy atom. The predicted molar refractivity (Wildman–Crippen MR) is 76.8 cm³/mol. The highest BCUT2D eigenvalue weighted by atomic mass is 79.9. The summed E-state index contributed by atoms with van der Waals surface area (Å²) in [6.07, 6.45) is 0. The molecular weight excluding hydrogens is 349 g/mol. The summed E-state index contributed by atoms with van der Waals surface area (Å²) in [4.78, 5) is -0.348. The van der Waals surface area contributed by atoms with Gasteiger partial charge >= 0.3 is 6.61 Å². The van der Waals surface area contributed by atoms with Crippen LogP contribution in [0.25, 0.3) is 0 Å². The molecule has 0 aromatic heterocycles. The van der Waals surface area contributed by atoms with Gasteiger partial charge in [0.1, 0.15) is 5.75 Å². The summed E-state index contributed by atoms with van der Waals surface area (Å²) in [5, 5.41) is 0. The van der Waals surface area contributed by atoms with Gasteiger partial charge in [-0.1, -0.05) is 34.1 Å². The third-order valence-electron chi connectivity index (χ3n) is 2.84. The number of hydrogen-bond acceptors (Lipinski definition) is 2. The molecule has 2 aromatic carbocycles. The molecule has 0 aliphatic rings. The van der Waals surface area contributed by atoms with Crippen molar-refractivity contribution in [1.82, 2.24) is 0 Å². The first-order valence-electron chi connectivity index (χ1n) is 6.03. The molecular formula is C15H12BrF3O2. The van der Waals surface area contributed by atoms with Gasteiger partial charge in [0, 0.05) is 0 Å². The predicted octanol–water partition coefficient (Wildman–Crippen LogP) is 4.92.